The number of fused-ring (bicyclic) bond motifs is 1. The van der Waals surface area contributed by atoms with E-state index in [0.717, 1.165) is 31.2 Å². The second-order valence-corrected chi connectivity index (χ2v) is 7.66. The van der Waals surface area contributed by atoms with Gasteiger partial charge in [-0.15, -0.1) is 0 Å². The molecule has 0 bridgehead atoms. The summed E-state index contributed by atoms with van der Waals surface area (Å²) >= 11 is 0. The lowest BCUT2D eigenvalue weighted by Gasteiger charge is -2.18. The number of phenols is 1. The Bertz CT molecular complexity index is 1070. The first kappa shape index (κ1) is 19.9. The van der Waals surface area contributed by atoms with Gasteiger partial charge in [-0.25, -0.2) is 9.78 Å². The second-order valence-electron chi connectivity index (χ2n) is 7.66. The fraction of sp³-hybridized carbons (Fsp3) is 0.292. The van der Waals surface area contributed by atoms with Crippen molar-refractivity contribution in [2.45, 2.75) is 44.8 Å². The van der Waals surface area contributed by atoms with Crippen LogP contribution in [0.15, 0.2) is 54.6 Å². The highest BCUT2D eigenvalue weighted by Gasteiger charge is 2.24. The van der Waals surface area contributed by atoms with Crippen molar-refractivity contribution >= 4 is 22.8 Å². The van der Waals surface area contributed by atoms with Crippen molar-refractivity contribution in [2.75, 3.05) is 0 Å². The van der Waals surface area contributed by atoms with Gasteiger partial charge in [0.2, 0.25) is 0 Å². The maximum Gasteiger partial charge on any atom is 0.339 e. The molecule has 3 aromatic rings. The minimum atomic E-state index is -0.887. The fourth-order valence-corrected chi connectivity index (χ4v) is 3.79. The molecule has 1 aliphatic rings. The average molecular weight is 404 g/mol. The number of ether oxygens (including phenoxy) is 1. The van der Waals surface area contributed by atoms with Crippen LogP contribution in [-0.2, 0) is 9.53 Å². The number of rotatable bonds is 5. The number of aromatic nitrogens is 1. The van der Waals surface area contributed by atoms with Crippen LogP contribution in [0.25, 0.3) is 22.2 Å². The SMILES string of the molecule is C[C@H](OC(=O)c1cc(-c2ccc(O)cc2)nc2ccccc12)C(=O)NC1CCCC1. The van der Waals surface area contributed by atoms with E-state index in [2.05, 4.69) is 10.3 Å². The molecular formula is C24H24N2O4. The van der Waals surface area contributed by atoms with Crippen molar-refractivity contribution in [3.05, 3.63) is 60.2 Å². The average Bonchev–Trinajstić information content (AvgIpc) is 3.26. The highest BCUT2D eigenvalue weighted by Crippen LogP contribution is 2.27. The molecule has 30 heavy (non-hydrogen) atoms. The summed E-state index contributed by atoms with van der Waals surface area (Å²) in [4.78, 5) is 30.0. The second kappa shape index (κ2) is 8.53. The van der Waals surface area contributed by atoms with Crippen molar-refractivity contribution in [2.24, 2.45) is 0 Å². The lowest BCUT2D eigenvalue weighted by molar-refractivity contribution is -0.129. The first-order chi connectivity index (χ1) is 14.5. The molecule has 0 aliphatic heterocycles. The predicted octanol–water partition coefficient (Wildman–Crippen LogP) is 4.21. The number of phenolic OH excluding ortho intramolecular Hbond substituents is 1. The Morgan fingerprint density at radius 1 is 1.10 bits per heavy atom. The van der Waals surface area contributed by atoms with Gasteiger partial charge in [-0.05, 0) is 56.2 Å². The molecule has 1 atom stereocenters. The van der Waals surface area contributed by atoms with E-state index >= 15 is 0 Å². The molecule has 1 fully saturated rings. The largest absolute Gasteiger partial charge is 0.508 e. The van der Waals surface area contributed by atoms with Gasteiger partial charge in [-0.1, -0.05) is 31.0 Å². The first-order valence-corrected chi connectivity index (χ1v) is 10.2. The van der Waals surface area contributed by atoms with E-state index < -0.39 is 12.1 Å². The van der Waals surface area contributed by atoms with Gasteiger partial charge in [-0.3, -0.25) is 4.79 Å². The van der Waals surface area contributed by atoms with Crippen LogP contribution in [0.3, 0.4) is 0 Å². The summed E-state index contributed by atoms with van der Waals surface area (Å²) in [6.45, 7) is 1.59. The summed E-state index contributed by atoms with van der Waals surface area (Å²) in [6, 6.07) is 15.8. The van der Waals surface area contributed by atoms with Crippen molar-refractivity contribution in [1.29, 1.82) is 0 Å². The first-order valence-electron chi connectivity index (χ1n) is 10.2. The van der Waals surface area contributed by atoms with E-state index in [0.29, 0.717) is 22.2 Å². The third-order valence-electron chi connectivity index (χ3n) is 5.45. The van der Waals surface area contributed by atoms with Crippen LogP contribution in [0.5, 0.6) is 5.75 Å². The molecule has 1 aliphatic carbocycles. The van der Waals surface area contributed by atoms with Gasteiger partial charge in [0.05, 0.1) is 16.8 Å². The van der Waals surface area contributed by atoms with Crippen molar-refractivity contribution in [3.63, 3.8) is 0 Å². The van der Waals surface area contributed by atoms with Gasteiger partial charge in [0, 0.05) is 17.0 Å². The molecule has 2 aromatic carbocycles. The molecule has 2 N–H and O–H groups in total. The van der Waals surface area contributed by atoms with E-state index in [-0.39, 0.29) is 17.7 Å². The number of nitrogens with zero attached hydrogens (tertiary/aromatic N) is 1. The summed E-state index contributed by atoms with van der Waals surface area (Å²) in [6.07, 6.45) is 3.28. The Kier molecular flexibility index (Phi) is 5.65. The Morgan fingerprint density at radius 3 is 2.53 bits per heavy atom. The van der Waals surface area contributed by atoms with Crippen molar-refractivity contribution in [1.82, 2.24) is 10.3 Å². The third-order valence-corrected chi connectivity index (χ3v) is 5.45. The van der Waals surface area contributed by atoms with Crippen LogP contribution >= 0.6 is 0 Å². The predicted molar refractivity (Wildman–Crippen MR) is 114 cm³/mol. The van der Waals surface area contributed by atoms with Crippen LogP contribution in [0.1, 0.15) is 43.0 Å². The van der Waals surface area contributed by atoms with E-state index in [1.54, 1.807) is 37.3 Å². The molecule has 1 aromatic heterocycles. The van der Waals surface area contributed by atoms with Crippen molar-refractivity contribution < 1.29 is 19.4 Å². The van der Waals surface area contributed by atoms with E-state index in [1.807, 2.05) is 24.3 Å². The zero-order valence-electron chi connectivity index (χ0n) is 16.8. The van der Waals surface area contributed by atoms with E-state index in [4.69, 9.17) is 4.74 Å². The van der Waals surface area contributed by atoms with Crippen LogP contribution in [0.4, 0.5) is 0 Å². The number of para-hydroxylation sites is 1. The smallest absolute Gasteiger partial charge is 0.339 e. The number of amides is 1. The number of hydrogen-bond donors (Lipinski definition) is 2. The molecule has 0 unspecified atom stereocenters. The highest BCUT2D eigenvalue weighted by molar-refractivity contribution is 6.05. The molecule has 4 rings (SSSR count). The zero-order valence-corrected chi connectivity index (χ0v) is 16.8. The van der Waals surface area contributed by atoms with E-state index in [9.17, 15) is 14.7 Å². The quantitative estimate of drug-likeness (QED) is 0.622. The summed E-state index contributed by atoms with van der Waals surface area (Å²) in [5.41, 5.74) is 2.35. The Labute approximate surface area is 174 Å². The molecule has 6 heteroatoms. The molecule has 6 nitrogen and oxygen atoms in total. The summed E-state index contributed by atoms with van der Waals surface area (Å²) in [5.74, 6) is -0.684. The molecule has 154 valence electrons. The lowest BCUT2D eigenvalue weighted by Crippen LogP contribution is -2.40. The van der Waals surface area contributed by atoms with Gasteiger partial charge in [-0.2, -0.15) is 0 Å². The number of carbonyl (C=O) groups excluding carboxylic acids is 2. The number of aromatic hydroxyl groups is 1. The monoisotopic (exact) mass is 404 g/mol. The summed E-state index contributed by atoms with van der Waals surface area (Å²) < 4.78 is 5.51. The van der Waals surface area contributed by atoms with Crippen LogP contribution < -0.4 is 5.32 Å². The minimum absolute atomic E-state index is 0.154. The Morgan fingerprint density at radius 2 is 1.80 bits per heavy atom. The topological polar surface area (TPSA) is 88.5 Å². The standard InChI is InChI=1S/C24H24N2O4/c1-15(23(28)25-17-6-2-3-7-17)30-24(29)20-14-22(16-10-12-18(27)13-11-16)26-21-9-5-4-8-19(20)21/h4-5,8-15,17,27H,2-3,6-7H2,1H3,(H,25,28)/t15-/m0/s1. The number of pyridine rings is 1. The maximum absolute atomic E-state index is 13.0. The van der Waals surface area contributed by atoms with Crippen LogP contribution in [-0.4, -0.2) is 34.1 Å². The number of nitrogens with one attached hydrogen (secondary N) is 1. The molecule has 0 spiro atoms. The third kappa shape index (κ3) is 4.27. The maximum atomic E-state index is 13.0. The van der Waals surface area contributed by atoms with E-state index in [1.165, 1.54) is 0 Å². The molecule has 1 amide bonds. The fourth-order valence-electron chi connectivity index (χ4n) is 3.79. The highest BCUT2D eigenvalue weighted by atomic mass is 16.5. The molecular weight excluding hydrogens is 380 g/mol. The molecule has 0 radical (unpaired) electrons. The van der Waals surface area contributed by atoms with Crippen LogP contribution in [0, 0.1) is 0 Å². The van der Waals surface area contributed by atoms with Gasteiger partial charge in [0.15, 0.2) is 6.10 Å². The Hall–Kier alpha value is -3.41. The molecule has 0 saturated heterocycles. The summed E-state index contributed by atoms with van der Waals surface area (Å²) in [5, 5.41) is 13.2. The Balaban J connectivity index is 1.60. The normalized spacial score (nSPS) is 15.1. The minimum Gasteiger partial charge on any atom is -0.508 e. The van der Waals surface area contributed by atoms with Gasteiger partial charge in [0.25, 0.3) is 5.91 Å². The van der Waals surface area contributed by atoms with Crippen LogP contribution in [0.2, 0.25) is 0 Å². The lowest BCUT2D eigenvalue weighted by atomic mass is 10.0. The number of hydrogen-bond acceptors (Lipinski definition) is 5. The summed E-state index contributed by atoms with van der Waals surface area (Å²) in [7, 11) is 0. The zero-order chi connectivity index (χ0) is 21.1. The van der Waals surface area contributed by atoms with Gasteiger partial charge < -0.3 is 15.2 Å². The van der Waals surface area contributed by atoms with Crippen molar-refractivity contribution in [3.8, 4) is 17.0 Å². The molecule has 1 heterocycles. The molecule has 1 saturated carbocycles. The number of carbonyl (C=O) groups is 2. The number of esters is 1. The number of benzene rings is 2. The van der Waals surface area contributed by atoms with Gasteiger partial charge in [0.1, 0.15) is 5.75 Å². The van der Waals surface area contributed by atoms with Gasteiger partial charge >= 0.3 is 5.97 Å².